The van der Waals surface area contributed by atoms with Gasteiger partial charge < -0.3 is 16.0 Å². The fourth-order valence-electron chi connectivity index (χ4n) is 3.74. The molecule has 10 heteroatoms. The molecule has 1 aliphatic heterocycles. The highest BCUT2D eigenvalue weighted by atomic mass is 35.5. The van der Waals surface area contributed by atoms with Crippen LogP contribution in [0.1, 0.15) is 11.1 Å². The summed E-state index contributed by atoms with van der Waals surface area (Å²) >= 11 is 7.13. The lowest BCUT2D eigenvalue weighted by molar-refractivity contribution is -0.136. The second-order valence-electron chi connectivity index (χ2n) is 7.30. The van der Waals surface area contributed by atoms with E-state index in [0.717, 1.165) is 5.39 Å². The fourth-order valence-corrected chi connectivity index (χ4v) is 5.09. The van der Waals surface area contributed by atoms with Crippen LogP contribution in [0, 0.1) is 5.82 Å². The topological polar surface area (TPSA) is 97.4 Å². The van der Waals surface area contributed by atoms with Crippen LogP contribution in [0.2, 0.25) is 5.02 Å². The lowest BCUT2D eigenvalue weighted by Gasteiger charge is -2.23. The van der Waals surface area contributed by atoms with E-state index in [0.29, 0.717) is 23.4 Å². The number of hydrogen-bond donors (Lipinski definition) is 2. The van der Waals surface area contributed by atoms with Gasteiger partial charge in [0, 0.05) is 36.0 Å². The summed E-state index contributed by atoms with van der Waals surface area (Å²) in [7, 11) is 0. The van der Waals surface area contributed by atoms with Crippen LogP contribution in [0.3, 0.4) is 0 Å². The van der Waals surface area contributed by atoms with Crippen LogP contribution in [0.4, 0.5) is 9.18 Å². The number of carbonyl (C=O) groups is 3. The van der Waals surface area contributed by atoms with Gasteiger partial charge in [0.1, 0.15) is 5.82 Å². The Morgan fingerprint density at radius 3 is 2.72 bits per heavy atom. The molecule has 1 unspecified atom stereocenters. The van der Waals surface area contributed by atoms with Crippen molar-refractivity contribution in [2.75, 3.05) is 12.3 Å². The summed E-state index contributed by atoms with van der Waals surface area (Å²) in [5, 5.41) is 2.71. The predicted molar refractivity (Wildman–Crippen MR) is 122 cm³/mol. The monoisotopic (exact) mass is 474 g/mol. The lowest BCUT2D eigenvalue weighted by Crippen LogP contribution is -2.45. The van der Waals surface area contributed by atoms with E-state index in [1.165, 1.54) is 27.3 Å². The number of rotatable bonds is 5. The number of fused-ring (bicyclic) bond motifs is 1. The van der Waals surface area contributed by atoms with Gasteiger partial charge in [-0.2, -0.15) is 0 Å². The van der Waals surface area contributed by atoms with Crippen LogP contribution in [0.5, 0.6) is 0 Å². The molecule has 2 aromatic carbocycles. The summed E-state index contributed by atoms with van der Waals surface area (Å²) in [6.07, 6.45) is 1.58. The van der Waals surface area contributed by atoms with Crippen molar-refractivity contribution >= 4 is 52.1 Å². The number of nitrogens with zero attached hydrogens (tertiary/aromatic N) is 2. The van der Waals surface area contributed by atoms with Crippen LogP contribution >= 0.6 is 23.4 Å². The summed E-state index contributed by atoms with van der Waals surface area (Å²) in [6, 6.07) is 11.1. The van der Waals surface area contributed by atoms with E-state index in [1.54, 1.807) is 30.5 Å². The summed E-state index contributed by atoms with van der Waals surface area (Å²) in [5.41, 5.74) is 6.99. The second kappa shape index (κ2) is 9.22. The van der Waals surface area contributed by atoms with Gasteiger partial charge in [-0.3, -0.25) is 14.2 Å². The van der Waals surface area contributed by atoms with Crippen molar-refractivity contribution in [1.29, 1.82) is 0 Å². The highest BCUT2D eigenvalue weighted by Gasteiger charge is 2.35. The van der Waals surface area contributed by atoms with E-state index in [1.807, 2.05) is 12.1 Å². The Kier molecular flexibility index (Phi) is 6.38. The number of carbonyl (C=O) groups excluding carboxylic acids is 3. The van der Waals surface area contributed by atoms with Crippen molar-refractivity contribution in [2.24, 2.45) is 5.73 Å². The molecule has 1 aliphatic rings. The molecule has 32 heavy (non-hydrogen) atoms. The largest absolute Gasteiger partial charge is 0.351 e. The van der Waals surface area contributed by atoms with Crippen molar-refractivity contribution in [2.45, 2.75) is 18.3 Å². The van der Waals surface area contributed by atoms with E-state index in [4.69, 9.17) is 17.3 Å². The quantitative estimate of drug-likeness (QED) is 0.593. The third kappa shape index (κ3) is 4.31. The van der Waals surface area contributed by atoms with Gasteiger partial charge >= 0.3 is 6.03 Å². The third-order valence-electron chi connectivity index (χ3n) is 5.29. The van der Waals surface area contributed by atoms with Gasteiger partial charge in [-0.1, -0.05) is 41.9 Å². The predicted octanol–water partition coefficient (Wildman–Crippen LogP) is 3.12. The number of benzene rings is 2. The minimum atomic E-state index is -0.714. The van der Waals surface area contributed by atoms with Gasteiger partial charge in [0.2, 0.25) is 5.91 Å². The summed E-state index contributed by atoms with van der Waals surface area (Å²) in [6.45, 7) is 0.387. The molecule has 2 heterocycles. The van der Waals surface area contributed by atoms with E-state index in [9.17, 15) is 18.8 Å². The summed E-state index contributed by atoms with van der Waals surface area (Å²) < 4.78 is 15.4. The minimum Gasteiger partial charge on any atom is -0.351 e. The number of nitrogens with two attached hydrogens (primary N) is 1. The van der Waals surface area contributed by atoms with Gasteiger partial charge in [0.15, 0.2) is 5.37 Å². The number of primary amides is 1. The standard InChI is InChI=1S/C22H20ClFN4O3S/c23-16-6-3-4-13(19(16)24)11-26-20(30)21-27(8-9-32-21)18(29)10-14-12-28(22(25)31)17-7-2-1-5-15(14)17/h1-7,12,21H,8-11H2,(H2,25,31)(H,26,30). The van der Waals surface area contributed by atoms with Crippen LogP contribution in [0.25, 0.3) is 10.9 Å². The molecular formula is C22H20ClFN4O3S. The number of hydrogen-bond acceptors (Lipinski definition) is 4. The molecule has 3 N–H and O–H groups in total. The first kappa shape index (κ1) is 22.2. The number of nitrogens with one attached hydrogen (secondary N) is 1. The second-order valence-corrected chi connectivity index (χ2v) is 8.89. The van der Waals surface area contributed by atoms with Crippen LogP contribution in [-0.4, -0.2) is 45.0 Å². The molecule has 1 saturated heterocycles. The van der Waals surface area contributed by atoms with Gasteiger partial charge in [0.25, 0.3) is 5.91 Å². The van der Waals surface area contributed by atoms with Gasteiger partial charge in [-0.25, -0.2) is 9.18 Å². The molecule has 4 rings (SSSR count). The molecule has 0 radical (unpaired) electrons. The summed E-state index contributed by atoms with van der Waals surface area (Å²) in [4.78, 5) is 39.0. The average molecular weight is 475 g/mol. The fraction of sp³-hybridized carbons (Fsp3) is 0.227. The van der Waals surface area contributed by atoms with E-state index in [-0.39, 0.29) is 35.4 Å². The molecule has 7 nitrogen and oxygen atoms in total. The van der Waals surface area contributed by atoms with Gasteiger partial charge in [0.05, 0.1) is 17.0 Å². The Labute approximate surface area is 192 Å². The molecule has 1 atom stereocenters. The van der Waals surface area contributed by atoms with Crippen molar-refractivity contribution in [3.05, 3.63) is 70.6 Å². The number of thioether (sulfide) groups is 1. The van der Waals surface area contributed by atoms with Gasteiger partial charge in [-0.15, -0.1) is 11.8 Å². The molecule has 0 saturated carbocycles. The van der Waals surface area contributed by atoms with Crippen molar-refractivity contribution in [3.63, 3.8) is 0 Å². The van der Waals surface area contributed by atoms with Crippen molar-refractivity contribution in [3.8, 4) is 0 Å². The van der Waals surface area contributed by atoms with Crippen LogP contribution < -0.4 is 11.1 Å². The van der Waals surface area contributed by atoms with E-state index in [2.05, 4.69) is 5.32 Å². The molecule has 3 aromatic rings. The highest BCUT2D eigenvalue weighted by Crippen LogP contribution is 2.27. The zero-order valence-corrected chi connectivity index (χ0v) is 18.5. The Hall–Kier alpha value is -3.04. The summed E-state index contributed by atoms with van der Waals surface area (Å²) in [5.74, 6) is -0.582. The first-order valence-corrected chi connectivity index (χ1v) is 11.3. The Balaban J connectivity index is 1.47. The molecule has 0 spiro atoms. The number of halogens is 2. The molecule has 166 valence electrons. The normalized spacial score (nSPS) is 15.8. The molecular weight excluding hydrogens is 455 g/mol. The van der Waals surface area contributed by atoms with E-state index < -0.39 is 17.2 Å². The average Bonchev–Trinajstić information content (AvgIpc) is 3.40. The maximum atomic E-state index is 14.1. The third-order valence-corrected chi connectivity index (χ3v) is 6.79. The smallest absolute Gasteiger partial charge is 0.323 e. The number of amides is 3. The highest BCUT2D eigenvalue weighted by molar-refractivity contribution is 8.00. The SMILES string of the molecule is NC(=O)n1cc(CC(=O)N2CCSC2C(=O)NCc2cccc(Cl)c2F)c2ccccc21. The van der Waals surface area contributed by atoms with E-state index >= 15 is 0 Å². The van der Waals surface area contributed by atoms with Crippen molar-refractivity contribution in [1.82, 2.24) is 14.8 Å². The molecule has 3 amide bonds. The Morgan fingerprint density at radius 1 is 1.16 bits per heavy atom. The molecule has 1 aromatic heterocycles. The zero-order chi connectivity index (χ0) is 22.8. The first-order chi connectivity index (χ1) is 15.4. The maximum Gasteiger partial charge on any atom is 0.323 e. The number of aromatic nitrogens is 1. The Morgan fingerprint density at radius 2 is 1.94 bits per heavy atom. The van der Waals surface area contributed by atoms with Gasteiger partial charge in [-0.05, 0) is 17.7 Å². The lowest BCUT2D eigenvalue weighted by atomic mass is 10.1. The molecule has 0 aliphatic carbocycles. The first-order valence-electron chi connectivity index (χ1n) is 9.87. The zero-order valence-electron chi connectivity index (χ0n) is 16.9. The minimum absolute atomic E-state index is 0.0149. The molecule has 0 bridgehead atoms. The van der Waals surface area contributed by atoms with Crippen molar-refractivity contribution < 1.29 is 18.8 Å². The van der Waals surface area contributed by atoms with Crippen LogP contribution in [-0.2, 0) is 22.6 Å². The Bertz CT molecular complexity index is 1220. The van der Waals surface area contributed by atoms with Crippen LogP contribution in [0.15, 0.2) is 48.7 Å². The maximum absolute atomic E-state index is 14.1. The number of para-hydroxylation sites is 1. The molecule has 1 fully saturated rings.